The van der Waals surface area contributed by atoms with Crippen molar-refractivity contribution >= 4 is 35.6 Å². The molecule has 3 N–H and O–H groups in total. The van der Waals surface area contributed by atoms with E-state index in [1.165, 1.54) is 0 Å². The number of benzene rings is 1. The fourth-order valence-corrected chi connectivity index (χ4v) is 2.31. The van der Waals surface area contributed by atoms with Gasteiger partial charge < -0.3 is 11.1 Å². The summed E-state index contributed by atoms with van der Waals surface area (Å²) in [6.07, 6.45) is 2.86. The Morgan fingerprint density at radius 3 is 2.76 bits per heavy atom. The lowest BCUT2D eigenvalue weighted by molar-refractivity contribution is -0.120. The topological polar surface area (TPSA) is 55.1 Å². The Labute approximate surface area is 112 Å². The van der Waals surface area contributed by atoms with Gasteiger partial charge in [0.1, 0.15) is 0 Å². The number of nitrogens with one attached hydrogen (secondary N) is 1. The Hall–Kier alpha value is -0.770. The maximum atomic E-state index is 11.9. The first-order valence-corrected chi connectivity index (χ1v) is 5.86. The lowest BCUT2D eigenvalue weighted by Gasteiger charge is -2.15. The predicted octanol–water partition coefficient (Wildman–Crippen LogP) is 2.83. The smallest absolute Gasteiger partial charge is 0.229 e. The van der Waals surface area contributed by atoms with Crippen LogP contribution in [0.25, 0.3) is 0 Å². The minimum absolute atomic E-state index is 0. The largest absolute Gasteiger partial charge is 0.327 e. The van der Waals surface area contributed by atoms with Crippen LogP contribution >= 0.6 is 24.0 Å². The van der Waals surface area contributed by atoms with E-state index in [9.17, 15) is 4.79 Å². The predicted molar refractivity (Wildman–Crippen MR) is 72.6 cm³/mol. The molecule has 1 amide bonds. The van der Waals surface area contributed by atoms with Crippen molar-refractivity contribution in [1.29, 1.82) is 0 Å². The van der Waals surface area contributed by atoms with Gasteiger partial charge in [0.2, 0.25) is 5.91 Å². The minimum Gasteiger partial charge on any atom is -0.327 e. The molecule has 17 heavy (non-hydrogen) atoms. The van der Waals surface area contributed by atoms with Crippen molar-refractivity contribution in [2.75, 3.05) is 5.32 Å². The molecule has 2 atom stereocenters. The number of halogens is 2. The molecule has 1 aliphatic carbocycles. The minimum atomic E-state index is -0.0565. The highest BCUT2D eigenvalue weighted by molar-refractivity contribution is 6.30. The number of rotatable bonds is 2. The highest BCUT2D eigenvalue weighted by Crippen LogP contribution is 2.25. The number of hydrogen-bond donors (Lipinski definition) is 2. The highest BCUT2D eigenvalue weighted by Gasteiger charge is 2.30. The summed E-state index contributed by atoms with van der Waals surface area (Å²) in [5.41, 5.74) is 6.61. The van der Waals surface area contributed by atoms with Crippen LogP contribution in [0.4, 0.5) is 5.69 Å². The van der Waals surface area contributed by atoms with Gasteiger partial charge >= 0.3 is 0 Å². The van der Waals surface area contributed by atoms with Crippen LogP contribution in [0.3, 0.4) is 0 Å². The third kappa shape index (κ3) is 3.60. The lowest BCUT2D eigenvalue weighted by atomic mass is 10.0. The van der Waals surface area contributed by atoms with Crippen molar-refractivity contribution in [2.45, 2.75) is 25.3 Å². The molecule has 3 nitrogen and oxygen atoms in total. The second-order valence-corrected chi connectivity index (χ2v) is 4.64. The van der Waals surface area contributed by atoms with E-state index < -0.39 is 0 Å². The van der Waals surface area contributed by atoms with Crippen LogP contribution in [0, 0.1) is 5.92 Å². The first-order chi connectivity index (χ1) is 7.66. The Kier molecular flexibility index (Phi) is 5.25. The van der Waals surface area contributed by atoms with Crippen molar-refractivity contribution < 1.29 is 4.79 Å². The summed E-state index contributed by atoms with van der Waals surface area (Å²) in [6.45, 7) is 0. The molecule has 0 radical (unpaired) electrons. The van der Waals surface area contributed by atoms with Gasteiger partial charge in [-0.1, -0.05) is 24.1 Å². The van der Waals surface area contributed by atoms with E-state index in [2.05, 4.69) is 5.32 Å². The molecule has 94 valence electrons. The monoisotopic (exact) mass is 274 g/mol. The molecule has 2 unspecified atom stereocenters. The van der Waals surface area contributed by atoms with E-state index in [-0.39, 0.29) is 30.3 Å². The first-order valence-electron chi connectivity index (χ1n) is 5.49. The molecule has 5 heteroatoms. The molecule has 1 aromatic carbocycles. The van der Waals surface area contributed by atoms with E-state index >= 15 is 0 Å². The molecular formula is C12H16Cl2N2O. The van der Waals surface area contributed by atoms with Gasteiger partial charge in [-0.25, -0.2) is 0 Å². The van der Waals surface area contributed by atoms with E-state index in [0.717, 1.165) is 24.9 Å². The summed E-state index contributed by atoms with van der Waals surface area (Å²) in [7, 11) is 0. The molecule has 0 bridgehead atoms. The molecule has 0 heterocycles. The number of carbonyl (C=O) groups excluding carboxylic acids is 1. The van der Waals surface area contributed by atoms with E-state index in [1.807, 2.05) is 12.1 Å². The maximum absolute atomic E-state index is 11.9. The van der Waals surface area contributed by atoms with E-state index in [0.29, 0.717) is 5.02 Å². The first kappa shape index (κ1) is 14.3. The second kappa shape index (κ2) is 6.24. The molecule has 0 saturated heterocycles. The van der Waals surface area contributed by atoms with Gasteiger partial charge in [0.25, 0.3) is 0 Å². The second-order valence-electron chi connectivity index (χ2n) is 4.20. The average molecular weight is 275 g/mol. The zero-order valence-electron chi connectivity index (χ0n) is 9.36. The fourth-order valence-electron chi connectivity index (χ4n) is 2.12. The Morgan fingerprint density at radius 2 is 2.18 bits per heavy atom. The van der Waals surface area contributed by atoms with Gasteiger partial charge in [-0.2, -0.15) is 0 Å². The summed E-state index contributed by atoms with van der Waals surface area (Å²) < 4.78 is 0. The third-order valence-corrected chi connectivity index (χ3v) is 3.23. The summed E-state index contributed by atoms with van der Waals surface area (Å²) in [5, 5.41) is 3.47. The van der Waals surface area contributed by atoms with Crippen molar-refractivity contribution in [2.24, 2.45) is 11.7 Å². The molecule has 0 aliphatic heterocycles. The van der Waals surface area contributed by atoms with Crippen molar-refractivity contribution in [3.63, 3.8) is 0 Å². The van der Waals surface area contributed by atoms with Gasteiger partial charge in [-0.3, -0.25) is 4.79 Å². The van der Waals surface area contributed by atoms with Crippen molar-refractivity contribution in [1.82, 2.24) is 0 Å². The number of hydrogen-bond acceptors (Lipinski definition) is 2. The molecule has 1 aromatic rings. The lowest BCUT2D eigenvalue weighted by Crippen LogP contribution is -2.34. The normalized spacial score (nSPS) is 22.9. The van der Waals surface area contributed by atoms with E-state index in [4.69, 9.17) is 17.3 Å². The number of nitrogens with two attached hydrogens (primary N) is 1. The van der Waals surface area contributed by atoms with Crippen LogP contribution in [0.1, 0.15) is 19.3 Å². The zero-order chi connectivity index (χ0) is 11.5. The maximum Gasteiger partial charge on any atom is 0.229 e. The van der Waals surface area contributed by atoms with Crippen molar-refractivity contribution in [3.05, 3.63) is 29.3 Å². The molecular weight excluding hydrogens is 259 g/mol. The zero-order valence-corrected chi connectivity index (χ0v) is 10.9. The summed E-state index contributed by atoms with van der Waals surface area (Å²) in [6, 6.07) is 7.15. The van der Waals surface area contributed by atoms with Crippen molar-refractivity contribution in [3.8, 4) is 0 Å². The number of amides is 1. The van der Waals surface area contributed by atoms with Gasteiger partial charge in [0, 0.05) is 16.8 Å². The molecule has 2 rings (SSSR count). The van der Waals surface area contributed by atoms with Crippen LogP contribution < -0.4 is 11.1 Å². The summed E-state index contributed by atoms with van der Waals surface area (Å²) >= 11 is 5.84. The Balaban J connectivity index is 0.00000144. The third-order valence-electron chi connectivity index (χ3n) is 3.00. The van der Waals surface area contributed by atoms with Crippen LogP contribution in [-0.4, -0.2) is 11.9 Å². The van der Waals surface area contributed by atoms with Gasteiger partial charge in [-0.05, 0) is 31.0 Å². The summed E-state index contributed by atoms with van der Waals surface area (Å²) in [4.78, 5) is 11.9. The Morgan fingerprint density at radius 1 is 1.41 bits per heavy atom. The van der Waals surface area contributed by atoms with Crippen LogP contribution in [0.5, 0.6) is 0 Å². The van der Waals surface area contributed by atoms with Gasteiger partial charge in [0.05, 0.1) is 5.92 Å². The average Bonchev–Trinajstić information content (AvgIpc) is 2.64. The molecule has 1 saturated carbocycles. The molecule has 0 aromatic heterocycles. The fraction of sp³-hybridized carbons (Fsp3) is 0.417. The molecule has 1 aliphatic rings. The molecule has 1 fully saturated rings. The van der Waals surface area contributed by atoms with E-state index in [1.54, 1.807) is 12.1 Å². The van der Waals surface area contributed by atoms with Crippen LogP contribution in [-0.2, 0) is 4.79 Å². The number of carbonyl (C=O) groups is 1. The van der Waals surface area contributed by atoms with Gasteiger partial charge in [0.15, 0.2) is 0 Å². The molecule has 0 spiro atoms. The Bertz CT molecular complexity index is 398. The van der Waals surface area contributed by atoms with Crippen LogP contribution in [0.2, 0.25) is 5.02 Å². The standard InChI is InChI=1S/C12H15ClN2O.ClH/c13-8-3-1-4-9(7-8)15-12(16)10-5-2-6-11(10)14;/h1,3-4,7,10-11H,2,5-6,14H2,(H,15,16);1H. The quantitative estimate of drug-likeness (QED) is 0.872. The van der Waals surface area contributed by atoms with Gasteiger partial charge in [-0.15, -0.1) is 12.4 Å². The summed E-state index contributed by atoms with van der Waals surface area (Å²) in [5.74, 6) is -0.0498. The van der Waals surface area contributed by atoms with Crippen LogP contribution in [0.15, 0.2) is 24.3 Å². The SMILES string of the molecule is Cl.NC1CCCC1C(=O)Nc1cccc(Cl)c1. The number of anilines is 1. The highest BCUT2D eigenvalue weighted by atomic mass is 35.5.